The van der Waals surface area contributed by atoms with Gasteiger partial charge in [-0.25, -0.2) is 0 Å². The molecule has 1 atom stereocenters. The van der Waals surface area contributed by atoms with Gasteiger partial charge >= 0.3 is 0 Å². The van der Waals surface area contributed by atoms with Crippen LogP contribution in [0.25, 0.3) is 0 Å². The van der Waals surface area contributed by atoms with Crippen molar-refractivity contribution in [1.29, 1.82) is 0 Å². The Morgan fingerprint density at radius 3 is 2.30 bits per heavy atom. The Kier molecular flexibility index (Phi) is 4.37. The zero-order valence-corrected chi connectivity index (χ0v) is 7.99. The highest BCUT2D eigenvalue weighted by Crippen LogP contribution is 2.24. The first kappa shape index (κ1) is 10.3. The molecule has 0 fully saturated rings. The van der Waals surface area contributed by atoms with E-state index in [0.717, 1.165) is 12.2 Å². The van der Waals surface area contributed by atoms with E-state index >= 15 is 0 Å². The van der Waals surface area contributed by atoms with Gasteiger partial charge < -0.3 is 5.11 Å². The van der Waals surface area contributed by atoms with Crippen LogP contribution in [0, 0.1) is 11.3 Å². The second-order valence-electron chi connectivity index (χ2n) is 3.81. The minimum Gasteiger partial charge on any atom is -0.396 e. The van der Waals surface area contributed by atoms with Crippen molar-refractivity contribution in [2.24, 2.45) is 11.3 Å². The molecule has 0 aliphatic carbocycles. The van der Waals surface area contributed by atoms with Crippen LogP contribution in [0.4, 0.5) is 0 Å². The van der Waals surface area contributed by atoms with E-state index < -0.39 is 0 Å². The van der Waals surface area contributed by atoms with Crippen molar-refractivity contribution in [2.45, 2.75) is 27.2 Å². The van der Waals surface area contributed by atoms with Crippen molar-refractivity contribution in [2.75, 3.05) is 12.4 Å². The van der Waals surface area contributed by atoms with E-state index in [1.54, 1.807) is 0 Å². The lowest BCUT2D eigenvalue weighted by molar-refractivity contribution is 0.137. The topological polar surface area (TPSA) is 20.2 Å². The van der Waals surface area contributed by atoms with Crippen LogP contribution < -0.4 is 0 Å². The van der Waals surface area contributed by atoms with E-state index in [1.807, 2.05) is 0 Å². The fourth-order valence-corrected chi connectivity index (χ4v) is 1.20. The number of rotatable bonds is 4. The van der Waals surface area contributed by atoms with E-state index in [2.05, 4.69) is 33.4 Å². The summed E-state index contributed by atoms with van der Waals surface area (Å²) in [7, 11) is 0. The highest BCUT2D eigenvalue weighted by Gasteiger charge is 2.18. The number of hydrogen-bond donors (Lipinski definition) is 2. The van der Waals surface area contributed by atoms with Crippen molar-refractivity contribution in [3.63, 3.8) is 0 Å². The first-order valence-corrected chi connectivity index (χ1v) is 4.37. The minimum absolute atomic E-state index is 0.0716. The Labute approximate surface area is 69.2 Å². The quantitative estimate of drug-likeness (QED) is 0.605. The van der Waals surface area contributed by atoms with Crippen molar-refractivity contribution < 1.29 is 5.11 Å². The Hall–Kier alpha value is 0.310. The molecule has 0 aliphatic heterocycles. The lowest BCUT2D eigenvalue weighted by Gasteiger charge is -2.24. The molecule has 10 heavy (non-hydrogen) atoms. The maximum Gasteiger partial charge on any atom is 0.0482 e. The molecular weight excluding hydrogens is 144 g/mol. The maximum atomic E-state index is 8.91. The first-order chi connectivity index (χ1) is 4.52. The average molecular weight is 162 g/mol. The molecule has 0 aromatic carbocycles. The molecule has 0 spiro atoms. The zero-order chi connectivity index (χ0) is 8.20. The van der Waals surface area contributed by atoms with E-state index in [1.165, 1.54) is 0 Å². The van der Waals surface area contributed by atoms with E-state index in [4.69, 9.17) is 5.11 Å². The second-order valence-corrected chi connectivity index (χ2v) is 4.18. The van der Waals surface area contributed by atoms with Gasteiger partial charge in [0.1, 0.15) is 0 Å². The van der Waals surface area contributed by atoms with Crippen LogP contribution in [0.15, 0.2) is 0 Å². The maximum absolute atomic E-state index is 8.91. The first-order valence-electron chi connectivity index (χ1n) is 3.73. The van der Waals surface area contributed by atoms with Gasteiger partial charge in [0.15, 0.2) is 0 Å². The molecule has 0 bridgehead atoms. The van der Waals surface area contributed by atoms with E-state index in [9.17, 15) is 0 Å². The van der Waals surface area contributed by atoms with Gasteiger partial charge in [0.2, 0.25) is 0 Å². The summed E-state index contributed by atoms with van der Waals surface area (Å²) in [6.45, 7) is 6.58. The third-order valence-corrected chi connectivity index (χ3v) is 2.26. The van der Waals surface area contributed by atoms with Gasteiger partial charge in [0, 0.05) is 6.61 Å². The average Bonchev–Trinajstić information content (AvgIpc) is 1.87. The van der Waals surface area contributed by atoms with Crippen LogP contribution in [0.2, 0.25) is 0 Å². The highest BCUT2D eigenvalue weighted by atomic mass is 32.1. The molecule has 0 radical (unpaired) electrons. The summed E-state index contributed by atoms with van der Waals surface area (Å²) >= 11 is 4.18. The molecule has 0 aromatic heterocycles. The molecule has 0 saturated carbocycles. The summed E-state index contributed by atoms with van der Waals surface area (Å²) in [5.41, 5.74) is 0.0716. The number of aliphatic hydroxyl groups is 1. The third kappa shape index (κ3) is 4.18. The molecule has 0 saturated heterocycles. The molecule has 0 heterocycles. The highest BCUT2D eigenvalue weighted by molar-refractivity contribution is 7.80. The third-order valence-electron chi connectivity index (χ3n) is 1.64. The van der Waals surface area contributed by atoms with Gasteiger partial charge in [-0.3, -0.25) is 0 Å². The molecule has 0 aliphatic rings. The standard InChI is InChI=1S/C8H18OS/c1-7(5-10)4-8(2,3)6-9/h7,9-10H,4-6H2,1-3H3. The van der Waals surface area contributed by atoms with Gasteiger partial charge in [-0.15, -0.1) is 0 Å². The van der Waals surface area contributed by atoms with Crippen molar-refractivity contribution in [3.8, 4) is 0 Å². The van der Waals surface area contributed by atoms with E-state index in [-0.39, 0.29) is 12.0 Å². The summed E-state index contributed by atoms with van der Waals surface area (Å²) in [4.78, 5) is 0. The number of aliphatic hydroxyl groups excluding tert-OH is 1. The Balaban J connectivity index is 3.64. The molecule has 0 amide bonds. The fraction of sp³-hybridized carbons (Fsp3) is 1.00. The molecule has 2 heteroatoms. The molecule has 62 valence electrons. The Morgan fingerprint density at radius 2 is 2.00 bits per heavy atom. The van der Waals surface area contributed by atoms with Gasteiger partial charge in [-0.1, -0.05) is 20.8 Å². The smallest absolute Gasteiger partial charge is 0.0482 e. The van der Waals surface area contributed by atoms with Gasteiger partial charge in [-0.2, -0.15) is 12.6 Å². The van der Waals surface area contributed by atoms with Crippen molar-refractivity contribution in [3.05, 3.63) is 0 Å². The summed E-state index contributed by atoms with van der Waals surface area (Å²) in [6, 6.07) is 0. The lowest BCUT2D eigenvalue weighted by Crippen LogP contribution is -2.20. The second kappa shape index (κ2) is 4.24. The van der Waals surface area contributed by atoms with Crippen molar-refractivity contribution >= 4 is 12.6 Å². The minimum atomic E-state index is 0.0716. The molecule has 1 N–H and O–H groups in total. The predicted octanol–water partition coefficient (Wildman–Crippen LogP) is 1.96. The van der Waals surface area contributed by atoms with Crippen LogP contribution in [-0.4, -0.2) is 17.5 Å². The molecular formula is C8H18OS. The number of hydrogen-bond acceptors (Lipinski definition) is 2. The molecule has 0 rings (SSSR count). The lowest BCUT2D eigenvalue weighted by atomic mass is 9.85. The van der Waals surface area contributed by atoms with Crippen LogP contribution in [-0.2, 0) is 0 Å². The zero-order valence-electron chi connectivity index (χ0n) is 7.09. The Bertz CT molecular complexity index is 91.3. The monoisotopic (exact) mass is 162 g/mol. The fourth-order valence-electron chi connectivity index (χ4n) is 1.07. The SMILES string of the molecule is CC(CS)CC(C)(C)CO. The molecule has 1 nitrogen and oxygen atoms in total. The van der Waals surface area contributed by atoms with Gasteiger partial charge in [0.05, 0.1) is 0 Å². The molecule has 0 aromatic rings. The summed E-state index contributed by atoms with van der Waals surface area (Å²) in [5.74, 6) is 1.51. The van der Waals surface area contributed by atoms with Crippen LogP contribution >= 0.6 is 12.6 Å². The summed E-state index contributed by atoms with van der Waals surface area (Å²) < 4.78 is 0. The van der Waals surface area contributed by atoms with Crippen LogP contribution in [0.1, 0.15) is 27.2 Å². The predicted molar refractivity (Wildman–Crippen MR) is 48.5 cm³/mol. The van der Waals surface area contributed by atoms with Crippen molar-refractivity contribution in [1.82, 2.24) is 0 Å². The Morgan fingerprint density at radius 1 is 1.50 bits per heavy atom. The van der Waals surface area contributed by atoms with Crippen LogP contribution in [0.3, 0.4) is 0 Å². The summed E-state index contributed by atoms with van der Waals surface area (Å²) in [6.07, 6.45) is 1.05. The van der Waals surface area contributed by atoms with Gasteiger partial charge in [-0.05, 0) is 23.5 Å². The van der Waals surface area contributed by atoms with Crippen LogP contribution in [0.5, 0.6) is 0 Å². The molecule has 1 unspecified atom stereocenters. The largest absolute Gasteiger partial charge is 0.396 e. The normalized spacial score (nSPS) is 15.3. The van der Waals surface area contributed by atoms with Gasteiger partial charge in [0.25, 0.3) is 0 Å². The van der Waals surface area contributed by atoms with E-state index in [0.29, 0.717) is 5.92 Å². The number of thiol groups is 1. The summed E-state index contributed by atoms with van der Waals surface area (Å²) in [5, 5.41) is 8.91.